The predicted octanol–water partition coefficient (Wildman–Crippen LogP) is 4.17. The molecule has 2 aromatic carbocycles. The van der Waals surface area contributed by atoms with Gasteiger partial charge in [-0.3, -0.25) is 4.79 Å². The minimum absolute atomic E-state index is 0.188. The molecule has 0 amide bonds. The molecule has 0 saturated heterocycles. The maximum absolute atomic E-state index is 12.5. The lowest BCUT2D eigenvalue weighted by molar-refractivity contribution is 0.104. The molecule has 5 nitrogen and oxygen atoms in total. The molecule has 26 heavy (non-hydrogen) atoms. The molecule has 0 aliphatic heterocycles. The Hall–Kier alpha value is -3.21. The van der Waals surface area contributed by atoms with Crippen molar-refractivity contribution < 1.29 is 23.7 Å². The molecule has 0 heterocycles. The second-order valence-corrected chi connectivity index (χ2v) is 5.27. The van der Waals surface area contributed by atoms with E-state index < -0.39 is 0 Å². The number of hydrogen-bond acceptors (Lipinski definition) is 5. The molecule has 0 saturated carbocycles. The van der Waals surface area contributed by atoms with Crippen molar-refractivity contribution in [1.82, 2.24) is 0 Å². The molecule has 5 heteroatoms. The summed E-state index contributed by atoms with van der Waals surface area (Å²) in [5.41, 5.74) is 1.24. The van der Waals surface area contributed by atoms with Crippen LogP contribution in [-0.4, -0.2) is 33.7 Å². The summed E-state index contributed by atoms with van der Waals surface area (Å²) in [7, 11) is 4.64. The Balaban J connectivity index is 2.24. The normalized spacial score (nSPS) is 10.4. The molecule has 0 bridgehead atoms. The van der Waals surface area contributed by atoms with E-state index in [0.717, 1.165) is 5.56 Å². The van der Waals surface area contributed by atoms with Crippen LogP contribution in [0.15, 0.2) is 55.1 Å². The molecular formula is C21H22O5. The second kappa shape index (κ2) is 9.32. The number of hydrogen-bond donors (Lipinski definition) is 0. The summed E-state index contributed by atoms with van der Waals surface area (Å²) in [5.74, 6) is 2.09. The Bertz CT molecular complexity index is 808. The summed E-state index contributed by atoms with van der Waals surface area (Å²) >= 11 is 0. The molecule has 0 fully saturated rings. The maximum atomic E-state index is 12.5. The summed E-state index contributed by atoms with van der Waals surface area (Å²) in [6.45, 7) is 4.01. The van der Waals surface area contributed by atoms with Crippen molar-refractivity contribution in [3.8, 4) is 23.0 Å². The standard InChI is InChI=1S/C21H22O5/c1-5-12-26-20-10-7-15(13-21(20)25-4)6-9-18(22)17-14-16(23-2)8-11-19(17)24-3/h5-11,13-14H,1,12H2,2-4H3/b9-6+. The van der Waals surface area contributed by atoms with Gasteiger partial charge < -0.3 is 18.9 Å². The van der Waals surface area contributed by atoms with E-state index in [9.17, 15) is 4.79 Å². The zero-order valence-electron chi connectivity index (χ0n) is 15.2. The Morgan fingerprint density at radius 2 is 1.69 bits per heavy atom. The number of carbonyl (C=O) groups excluding carboxylic acids is 1. The van der Waals surface area contributed by atoms with Gasteiger partial charge >= 0.3 is 0 Å². The highest BCUT2D eigenvalue weighted by Crippen LogP contribution is 2.29. The van der Waals surface area contributed by atoms with Crippen molar-refractivity contribution in [3.63, 3.8) is 0 Å². The van der Waals surface area contributed by atoms with E-state index in [-0.39, 0.29) is 5.78 Å². The maximum Gasteiger partial charge on any atom is 0.189 e. The Morgan fingerprint density at radius 1 is 0.962 bits per heavy atom. The van der Waals surface area contributed by atoms with Crippen molar-refractivity contribution in [2.24, 2.45) is 0 Å². The van der Waals surface area contributed by atoms with Crippen molar-refractivity contribution in [2.45, 2.75) is 0 Å². The fourth-order valence-electron chi connectivity index (χ4n) is 2.32. The number of benzene rings is 2. The molecule has 0 spiro atoms. The Morgan fingerprint density at radius 3 is 2.35 bits per heavy atom. The van der Waals surface area contributed by atoms with Gasteiger partial charge in [-0.2, -0.15) is 0 Å². The fourth-order valence-corrected chi connectivity index (χ4v) is 2.32. The van der Waals surface area contributed by atoms with Gasteiger partial charge in [-0.15, -0.1) is 0 Å². The highest BCUT2D eigenvalue weighted by atomic mass is 16.5. The highest BCUT2D eigenvalue weighted by Gasteiger charge is 2.11. The fraction of sp³-hybridized carbons (Fsp3) is 0.190. The summed E-state index contributed by atoms with van der Waals surface area (Å²) < 4.78 is 21.3. The molecule has 2 rings (SSSR count). The van der Waals surface area contributed by atoms with Crippen LogP contribution in [0.1, 0.15) is 15.9 Å². The first-order chi connectivity index (χ1) is 12.6. The molecule has 0 N–H and O–H groups in total. The van der Waals surface area contributed by atoms with E-state index >= 15 is 0 Å². The minimum Gasteiger partial charge on any atom is -0.497 e. The van der Waals surface area contributed by atoms with Crippen LogP contribution >= 0.6 is 0 Å². The van der Waals surface area contributed by atoms with Gasteiger partial charge in [0.2, 0.25) is 0 Å². The van der Waals surface area contributed by atoms with Crippen molar-refractivity contribution >= 4 is 11.9 Å². The van der Waals surface area contributed by atoms with Crippen LogP contribution in [-0.2, 0) is 0 Å². The molecular weight excluding hydrogens is 332 g/mol. The van der Waals surface area contributed by atoms with Crippen LogP contribution in [0, 0.1) is 0 Å². The van der Waals surface area contributed by atoms with Gasteiger partial charge in [-0.05, 0) is 42.0 Å². The van der Waals surface area contributed by atoms with Gasteiger partial charge in [-0.25, -0.2) is 0 Å². The summed E-state index contributed by atoms with van der Waals surface area (Å²) in [6, 6.07) is 10.5. The van der Waals surface area contributed by atoms with Crippen LogP contribution < -0.4 is 18.9 Å². The highest BCUT2D eigenvalue weighted by molar-refractivity contribution is 6.08. The van der Waals surface area contributed by atoms with E-state index in [4.69, 9.17) is 18.9 Å². The van der Waals surface area contributed by atoms with Gasteiger partial charge in [0, 0.05) is 0 Å². The van der Waals surface area contributed by atoms with Crippen molar-refractivity contribution in [2.75, 3.05) is 27.9 Å². The number of rotatable bonds is 9. The molecule has 0 aliphatic carbocycles. The smallest absolute Gasteiger partial charge is 0.189 e. The lowest BCUT2D eigenvalue weighted by atomic mass is 10.1. The van der Waals surface area contributed by atoms with Crippen LogP contribution in [0.4, 0.5) is 0 Å². The molecule has 136 valence electrons. The summed E-state index contributed by atoms with van der Waals surface area (Å²) in [6.07, 6.45) is 4.85. The predicted molar refractivity (Wildman–Crippen MR) is 102 cm³/mol. The first-order valence-corrected chi connectivity index (χ1v) is 7.99. The zero-order valence-corrected chi connectivity index (χ0v) is 15.2. The second-order valence-electron chi connectivity index (χ2n) is 5.27. The lowest BCUT2D eigenvalue weighted by Gasteiger charge is -2.10. The van der Waals surface area contributed by atoms with Crippen LogP contribution in [0.25, 0.3) is 6.08 Å². The monoisotopic (exact) mass is 354 g/mol. The van der Waals surface area contributed by atoms with E-state index in [1.54, 1.807) is 56.7 Å². The van der Waals surface area contributed by atoms with Crippen LogP contribution in [0.5, 0.6) is 23.0 Å². The zero-order chi connectivity index (χ0) is 18.9. The number of carbonyl (C=O) groups is 1. The first-order valence-electron chi connectivity index (χ1n) is 7.99. The molecule has 0 unspecified atom stereocenters. The largest absolute Gasteiger partial charge is 0.497 e. The lowest BCUT2D eigenvalue weighted by Crippen LogP contribution is -2.00. The first kappa shape index (κ1) is 19.1. The molecule has 2 aromatic rings. The third-order valence-corrected chi connectivity index (χ3v) is 3.64. The van der Waals surface area contributed by atoms with Gasteiger partial charge in [0.1, 0.15) is 18.1 Å². The van der Waals surface area contributed by atoms with Gasteiger partial charge in [0.15, 0.2) is 17.3 Å². The topological polar surface area (TPSA) is 54.0 Å². The van der Waals surface area contributed by atoms with E-state index in [1.807, 2.05) is 6.07 Å². The minimum atomic E-state index is -0.188. The number of ether oxygens (including phenoxy) is 4. The molecule has 0 aliphatic rings. The number of methoxy groups -OCH3 is 3. The van der Waals surface area contributed by atoms with Crippen molar-refractivity contribution in [1.29, 1.82) is 0 Å². The number of ketones is 1. The SMILES string of the molecule is C=CCOc1ccc(/C=C/C(=O)c2cc(OC)ccc2OC)cc1OC. The molecule has 0 atom stereocenters. The van der Waals surface area contributed by atoms with E-state index in [0.29, 0.717) is 35.2 Å². The Kier molecular flexibility index (Phi) is 6.85. The van der Waals surface area contributed by atoms with Crippen molar-refractivity contribution in [3.05, 3.63) is 66.3 Å². The van der Waals surface area contributed by atoms with Gasteiger partial charge in [0.25, 0.3) is 0 Å². The Labute approximate surface area is 153 Å². The van der Waals surface area contributed by atoms with E-state index in [1.165, 1.54) is 13.2 Å². The van der Waals surface area contributed by atoms with E-state index in [2.05, 4.69) is 6.58 Å². The third-order valence-electron chi connectivity index (χ3n) is 3.64. The average Bonchev–Trinajstić information content (AvgIpc) is 2.69. The van der Waals surface area contributed by atoms with Gasteiger partial charge in [0.05, 0.1) is 26.9 Å². The summed E-state index contributed by atoms with van der Waals surface area (Å²) in [5, 5.41) is 0. The van der Waals surface area contributed by atoms with Crippen LogP contribution in [0.3, 0.4) is 0 Å². The quantitative estimate of drug-likeness (QED) is 0.384. The van der Waals surface area contributed by atoms with Gasteiger partial charge in [-0.1, -0.05) is 24.8 Å². The molecule has 0 radical (unpaired) electrons. The average molecular weight is 354 g/mol. The third kappa shape index (κ3) is 4.66. The van der Waals surface area contributed by atoms with Crippen LogP contribution in [0.2, 0.25) is 0 Å². The number of allylic oxidation sites excluding steroid dienone is 1. The summed E-state index contributed by atoms with van der Waals surface area (Å²) in [4.78, 5) is 12.5. The molecule has 0 aromatic heterocycles.